The molecule has 4 heteroatoms. The molecule has 1 aliphatic carbocycles. The molecular weight excluding hydrogens is 751 g/mol. The SMILES string of the molecule is c1ccc(N(c2ccccc2-c2ccc3sc4ccccc4c3c2)c2cccc3c2Oc2cc4c(cc2O3)Cc2ccccc2-c2ccccc2Cc2ccccc2-4)cc1. The molecule has 3 nitrogen and oxygen atoms in total. The van der Waals surface area contributed by atoms with E-state index in [1.165, 1.54) is 59.1 Å². The van der Waals surface area contributed by atoms with Crippen molar-refractivity contribution in [3.05, 3.63) is 222 Å². The molecule has 12 rings (SSSR count). The molecule has 0 bridgehead atoms. The fourth-order valence-corrected chi connectivity index (χ4v) is 10.4. The van der Waals surface area contributed by atoms with Crippen LogP contribution in [0.1, 0.15) is 22.3 Å². The van der Waals surface area contributed by atoms with E-state index in [-0.39, 0.29) is 0 Å². The van der Waals surface area contributed by atoms with Crippen LogP contribution in [0.5, 0.6) is 23.0 Å². The summed E-state index contributed by atoms with van der Waals surface area (Å²) in [6.45, 7) is 0. The standard InChI is InChI=1S/C56H37NO2S/c1-2-18-41(19-3-1)57(49-25-12-10-23-45(49)39-29-30-55-48(33-39)46-24-11-13-28-54(46)60-55)50-26-14-27-51-56(50)59-53-35-47-40(34-52(53)58-51)32-38-17-5-8-21-43(38)42-20-7-4-15-36(42)31-37-16-6-9-22-44(37)47/h1-30,33-35H,31-32H2. The summed E-state index contributed by atoms with van der Waals surface area (Å²) in [5.41, 5.74) is 15.3. The Labute approximate surface area is 353 Å². The summed E-state index contributed by atoms with van der Waals surface area (Å²) in [6.07, 6.45) is 1.58. The van der Waals surface area contributed by atoms with E-state index in [1.807, 2.05) is 17.4 Å². The number of benzene rings is 9. The number of para-hydroxylation sites is 3. The Kier molecular flexibility index (Phi) is 8.17. The fourth-order valence-electron chi connectivity index (χ4n) is 9.26. The topological polar surface area (TPSA) is 21.7 Å². The van der Waals surface area contributed by atoms with Crippen LogP contribution < -0.4 is 14.4 Å². The largest absolute Gasteiger partial charge is 0.449 e. The monoisotopic (exact) mass is 787 g/mol. The van der Waals surface area contributed by atoms with Gasteiger partial charge < -0.3 is 14.4 Å². The first-order valence-electron chi connectivity index (χ1n) is 20.5. The molecule has 1 aromatic heterocycles. The van der Waals surface area contributed by atoms with Crippen molar-refractivity contribution in [1.82, 2.24) is 0 Å². The molecule has 0 fully saturated rings. The van der Waals surface area contributed by atoms with Crippen LogP contribution in [0.15, 0.2) is 200 Å². The zero-order chi connectivity index (χ0) is 39.6. The predicted molar refractivity (Wildman–Crippen MR) is 249 cm³/mol. The van der Waals surface area contributed by atoms with Crippen LogP contribution in [-0.4, -0.2) is 0 Å². The van der Waals surface area contributed by atoms with Gasteiger partial charge in [0.2, 0.25) is 0 Å². The first kappa shape index (κ1) is 34.6. The van der Waals surface area contributed by atoms with Crippen LogP contribution in [0.25, 0.3) is 53.6 Å². The molecule has 0 saturated carbocycles. The Morgan fingerprint density at radius 3 is 1.72 bits per heavy atom. The van der Waals surface area contributed by atoms with Crippen LogP contribution in [0.4, 0.5) is 17.1 Å². The molecule has 0 saturated heterocycles. The number of nitrogens with zero attached hydrogens (tertiary/aromatic N) is 1. The third-order valence-electron chi connectivity index (χ3n) is 12.0. The lowest BCUT2D eigenvalue weighted by Gasteiger charge is -2.32. The van der Waals surface area contributed by atoms with Gasteiger partial charge in [-0.05, 0) is 124 Å². The highest BCUT2D eigenvalue weighted by Crippen LogP contribution is 2.55. The highest BCUT2D eigenvalue weighted by Gasteiger charge is 2.29. The Morgan fingerprint density at radius 2 is 0.950 bits per heavy atom. The van der Waals surface area contributed by atoms with E-state index in [1.54, 1.807) is 0 Å². The van der Waals surface area contributed by atoms with Crippen molar-refractivity contribution in [3.8, 4) is 56.4 Å². The molecule has 10 aromatic rings. The normalized spacial score (nSPS) is 12.5. The minimum absolute atomic E-state index is 0.676. The molecule has 9 aromatic carbocycles. The van der Waals surface area contributed by atoms with E-state index in [2.05, 4.69) is 199 Å². The number of rotatable bonds is 4. The fraction of sp³-hybridized carbons (Fsp3) is 0.0357. The number of hydrogen-bond donors (Lipinski definition) is 0. The lowest BCUT2D eigenvalue weighted by molar-refractivity contribution is 0.360. The van der Waals surface area contributed by atoms with Gasteiger partial charge in [-0.25, -0.2) is 0 Å². The summed E-state index contributed by atoms with van der Waals surface area (Å²) >= 11 is 1.84. The number of hydrogen-bond acceptors (Lipinski definition) is 4. The van der Waals surface area contributed by atoms with E-state index in [4.69, 9.17) is 9.47 Å². The van der Waals surface area contributed by atoms with Gasteiger partial charge in [-0.3, -0.25) is 0 Å². The van der Waals surface area contributed by atoms with Gasteiger partial charge in [0.15, 0.2) is 23.0 Å². The van der Waals surface area contributed by atoms with Gasteiger partial charge in [0.05, 0.1) is 11.4 Å². The maximum absolute atomic E-state index is 7.14. The molecule has 0 unspecified atom stereocenters. The molecule has 2 aliphatic rings. The second-order valence-electron chi connectivity index (χ2n) is 15.6. The Balaban J connectivity index is 1.01. The lowest BCUT2D eigenvalue weighted by atomic mass is 9.84. The second-order valence-corrected chi connectivity index (χ2v) is 16.7. The smallest absolute Gasteiger partial charge is 0.194 e. The summed E-state index contributed by atoms with van der Waals surface area (Å²) in [4.78, 5) is 2.31. The van der Waals surface area contributed by atoms with E-state index < -0.39 is 0 Å². The predicted octanol–water partition coefficient (Wildman–Crippen LogP) is 15.9. The molecule has 1 aliphatic heterocycles. The number of anilines is 3. The van der Waals surface area contributed by atoms with Gasteiger partial charge >= 0.3 is 0 Å². The zero-order valence-corrected chi connectivity index (χ0v) is 33.5. The summed E-state index contributed by atoms with van der Waals surface area (Å²) < 4.78 is 16.6. The Morgan fingerprint density at radius 1 is 0.367 bits per heavy atom. The van der Waals surface area contributed by atoms with Gasteiger partial charge in [0.25, 0.3) is 0 Å². The molecule has 60 heavy (non-hydrogen) atoms. The van der Waals surface area contributed by atoms with Crippen LogP contribution in [-0.2, 0) is 12.8 Å². The minimum Gasteiger partial charge on any atom is -0.449 e. The summed E-state index contributed by atoms with van der Waals surface area (Å²) in [5, 5.41) is 2.56. The van der Waals surface area contributed by atoms with Crippen LogP contribution in [0.3, 0.4) is 0 Å². The van der Waals surface area contributed by atoms with Crippen molar-refractivity contribution in [3.63, 3.8) is 0 Å². The third-order valence-corrected chi connectivity index (χ3v) is 13.2. The van der Waals surface area contributed by atoms with E-state index in [0.717, 1.165) is 46.6 Å². The van der Waals surface area contributed by atoms with E-state index >= 15 is 0 Å². The summed E-state index contributed by atoms with van der Waals surface area (Å²) in [5.74, 6) is 2.77. The highest BCUT2D eigenvalue weighted by atomic mass is 32.1. The van der Waals surface area contributed by atoms with Gasteiger partial charge in [0, 0.05) is 31.4 Å². The van der Waals surface area contributed by atoms with Gasteiger partial charge in [-0.1, -0.05) is 140 Å². The molecule has 0 spiro atoms. The molecule has 0 radical (unpaired) electrons. The van der Waals surface area contributed by atoms with Crippen LogP contribution >= 0.6 is 11.3 Å². The average Bonchev–Trinajstić information content (AvgIpc) is 3.68. The van der Waals surface area contributed by atoms with Crippen LogP contribution in [0, 0.1) is 0 Å². The molecule has 2 heterocycles. The average molecular weight is 788 g/mol. The van der Waals surface area contributed by atoms with Crippen molar-refractivity contribution in [1.29, 1.82) is 0 Å². The van der Waals surface area contributed by atoms with Gasteiger partial charge in [0.1, 0.15) is 0 Å². The van der Waals surface area contributed by atoms with Crippen LogP contribution in [0.2, 0.25) is 0 Å². The maximum Gasteiger partial charge on any atom is 0.194 e. The Hall–Kier alpha value is -7.40. The quantitative estimate of drug-likeness (QED) is 0.177. The second kappa shape index (κ2) is 14.2. The molecule has 0 atom stereocenters. The minimum atomic E-state index is 0.676. The number of fused-ring (bicyclic) bond motifs is 11. The van der Waals surface area contributed by atoms with Gasteiger partial charge in [-0.2, -0.15) is 0 Å². The van der Waals surface area contributed by atoms with Crippen molar-refractivity contribution in [2.24, 2.45) is 0 Å². The molecule has 284 valence electrons. The number of ether oxygens (including phenoxy) is 2. The first-order chi connectivity index (χ1) is 29.7. The first-order valence-corrected chi connectivity index (χ1v) is 21.3. The maximum atomic E-state index is 7.14. The molecule has 0 amide bonds. The number of thiophene rings is 1. The van der Waals surface area contributed by atoms with Crippen molar-refractivity contribution in [2.75, 3.05) is 4.90 Å². The zero-order valence-electron chi connectivity index (χ0n) is 32.6. The third kappa shape index (κ3) is 5.79. The summed E-state index contributed by atoms with van der Waals surface area (Å²) in [7, 11) is 0. The van der Waals surface area contributed by atoms with Crippen molar-refractivity contribution < 1.29 is 9.47 Å². The van der Waals surface area contributed by atoms with Crippen molar-refractivity contribution in [2.45, 2.75) is 12.8 Å². The van der Waals surface area contributed by atoms with Crippen molar-refractivity contribution >= 4 is 48.6 Å². The molecule has 0 N–H and O–H groups in total. The van der Waals surface area contributed by atoms with E-state index in [9.17, 15) is 0 Å². The highest BCUT2D eigenvalue weighted by molar-refractivity contribution is 7.25. The Bertz CT molecular complexity index is 3290. The van der Waals surface area contributed by atoms with Gasteiger partial charge in [-0.15, -0.1) is 11.3 Å². The summed E-state index contributed by atoms with van der Waals surface area (Å²) in [6, 6.07) is 71.9. The lowest BCUT2D eigenvalue weighted by Crippen LogP contribution is -2.13. The van der Waals surface area contributed by atoms with E-state index in [0.29, 0.717) is 23.0 Å². The molecular formula is C56H37NO2S.